The Hall–Kier alpha value is -2.50. The number of aliphatic imine (C=N–C) groups is 1. The molecule has 148 valence electrons. The number of rotatable bonds is 8. The number of para-hydroxylation sites is 1. The molecule has 0 aliphatic heterocycles. The van der Waals surface area contributed by atoms with Crippen LogP contribution in [0.15, 0.2) is 47.7 Å². The lowest BCUT2D eigenvalue weighted by molar-refractivity contribution is 0.129. The van der Waals surface area contributed by atoms with Crippen molar-refractivity contribution < 1.29 is 4.74 Å². The van der Waals surface area contributed by atoms with Gasteiger partial charge in [0.1, 0.15) is 11.4 Å². The molecular formula is C21H33N5O. The Balaban J connectivity index is 1.96. The highest BCUT2D eigenvalue weighted by Gasteiger charge is 2.14. The summed E-state index contributed by atoms with van der Waals surface area (Å²) >= 11 is 0. The fourth-order valence-electron chi connectivity index (χ4n) is 2.63. The number of hydrogen-bond donors (Lipinski definition) is 2. The molecule has 0 amide bonds. The molecule has 0 aliphatic carbocycles. The molecule has 6 heteroatoms. The number of nitrogens with one attached hydrogen (secondary N) is 2. The van der Waals surface area contributed by atoms with Crippen LogP contribution in [-0.4, -0.2) is 34.4 Å². The van der Waals surface area contributed by atoms with Gasteiger partial charge in [0.05, 0.1) is 6.54 Å². The molecule has 0 spiro atoms. The van der Waals surface area contributed by atoms with Crippen LogP contribution in [0, 0.1) is 5.92 Å². The van der Waals surface area contributed by atoms with Gasteiger partial charge in [0.2, 0.25) is 0 Å². The Kier molecular flexibility index (Phi) is 7.70. The minimum atomic E-state index is -0.232. The minimum Gasteiger partial charge on any atom is -0.488 e. The summed E-state index contributed by atoms with van der Waals surface area (Å²) < 4.78 is 8.02. The number of hydrogen-bond acceptors (Lipinski definition) is 3. The first-order valence-corrected chi connectivity index (χ1v) is 9.64. The van der Waals surface area contributed by atoms with E-state index in [9.17, 15) is 0 Å². The molecule has 0 aliphatic rings. The van der Waals surface area contributed by atoms with Crippen LogP contribution in [0.25, 0.3) is 0 Å². The largest absolute Gasteiger partial charge is 0.488 e. The van der Waals surface area contributed by atoms with E-state index in [1.807, 2.05) is 41.3 Å². The molecular weight excluding hydrogens is 338 g/mol. The summed E-state index contributed by atoms with van der Waals surface area (Å²) in [6.07, 6.45) is 3.80. The van der Waals surface area contributed by atoms with Crippen molar-refractivity contribution in [3.05, 3.63) is 48.3 Å². The van der Waals surface area contributed by atoms with Gasteiger partial charge in [-0.05, 0) is 45.7 Å². The molecule has 1 heterocycles. The van der Waals surface area contributed by atoms with E-state index in [1.54, 1.807) is 0 Å². The molecule has 0 radical (unpaired) electrons. The fourth-order valence-corrected chi connectivity index (χ4v) is 2.63. The highest BCUT2D eigenvalue weighted by Crippen LogP contribution is 2.23. The smallest absolute Gasteiger partial charge is 0.191 e. The summed E-state index contributed by atoms with van der Waals surface area (Å²) in [5.74, 6) is 2.14. The molecule has 27 heavy (non-hydrogen) atoms. The van der Waals surface area contributed by atoms with E-state index in [1.165, 1.54) is 0 Å². The standard InChI is InChI=1S/C21H33N5O/c1-6-22-20(23-14-17(2)16-26-13-9-12-25-26)24-15-18-10-7-8-11-19(18)27-21(3,4)5/h7-13,17H,6,14-16H2,1-5H3,(H2,22,23,24). The van der Waals surface area contributed by atoms with Gasteiger partial charge in [-0.3, -0.25) is 4.68 Å². The third-order valence-electron chi connectivity index (χ3n) is 3.82. The lowest BCUT2D eigenvalue weighted by atomic mass is 10.1. The zero-order valence-electron chi connectivity index (χ0n) is 17.2. The summed E-state index contributed by atoms with van der Waals surface area (Å²) in [6.45, 7) is 13.5. The molecule has 2 N–H and O–H groups in total. The average molecular weight is 372 g/mol. The third-order valence-corrected chi connectivity index (χ3v) is 3.82. The first kappa shape index (κ1) is 20.8. The highest BCUT2D eigenvalue weighted by molar-refractivity contribution is 5.79. The number of aromatic nitrogens is 2. The van der Waals surface area contributed by atoms with E-state index in [0.717, 1.165) is 36.9 Å². The van der Waals surface area contributed by atoms with E-state index in [2.05, 4.69) is 56.4 Å². The van der Waals surface area contributed by atoms with Gasteiger partial charge in [0.25, 0.3) is 0 Å². The van der Waals surface area contributed by atoms with Gasteiger partial charge >= 0.3 is 0 Å². The van der Waals surface area contributed by atoms with Gasteiger partial charge < -0.3 is 15.4 Å². The van der Waals surface area contributed by atoms with Crippen molar-refractivity contribution in [2.24, 2.45) is 10.9 Å². The first-order chi connectivity index (χ1) is 12.9. The molecule has 2 aromatic rings. The maximum Gasteiger partial charge on any atom is 0.191 e. The number of nitrogens with zero attached hydrogens (tertiary/aromatic N) is 3. The lowest BCUT2D eigenvalue weighted by Gasteiger charge is -2.23. The second-order valence-electron chi connectivity index (χ2n) is 7.73. The molecule has 1 atom stereocenters. The Bertz CT molecular complexity index is 704. The predicted octanol–water partition coefficient (Wildman–Crippen LogP) is 3.45. The first-order valence-electron chi connectivity index (χ1n) is 9.64. The molecule has 0 saturated carbocycles. The zero-order valence-corrected chi connectivity index (χ0v) is 17.2. The van der Waals surface area contributed by atoms with Crippen molar-refractivity contribution in [3.63, 3.8) is 0 Å². The summed E-state index contributed by atoms with van der Waals surface area (Å²) in [4.78, 5) is 4.74. The Morgan fingerprint density at radius 1 is 1.22 bits per heavy atom. The SMILES string of the molecule is CCNC(=NCc1ccccc1OC(C)(C)C)NCC(C)Cn1cccn1. The number of ether oxygens (including phenoxy) is 1. The Morgan fingerprint density at radius 3 is 2.67 bits per heavy atom. The minimum absolute atomic E-state index is 0.232. The summed E-state index contributed by atoms with van der Waals surface area (Å²) in [6, 6.07) is 10.0. The van der Waals surface area contributed by atoms with Crippen LogP contribution in [0.5, 0.6) is 5.75 Å². The molecule has 0 bridgehead atoms. The molecule has 0 fully saturated rings. The summed E-state index contributed by atoms with van der Waals surface area (Å²) in [5.41, 5.74) is 0.846. The average Bonchev–Trinajstić information content (AvgIpc) is 3.10. The van der Waals surface area contributed by atoms with Gasteiger partial charge in [-0.15, -0.1) is 0 Å². The molecule has 1 aromatic heterocycles. The second kappa shape index (κ2) is 10.00. The van der Waals surface area contributed by atoms with Gasteiger partial charge in [0, 0.05) is 37.6 Å². The van der Waals surface area contributed by atoms with Crippen LogP contribution in [-0.2, 0) is 13.1 Å². The van der Waals surface area contributed by atoms with Crippen LogP contribution in [0.4, 0.5) is 0 Å². The summed E-state index contributed by atoms with van der Waals surface area (Å²) in [7, 11) is 0. The van der Waals surface area contributed by atoms with Gasteiger partial charge in [-0.1, -0.05) is 25.1 Å². The van der Waals surface area contributed by atoms with Crippen LogP contribution >= 0.6 is 0 Å². The maximum atomic E-state index is 6.06. The van der Waals surface area contributed by atoms with E-state index < -0.39 is 0 Å². The Labute approximate surface area is 163 Å². The monoisotopic (exact) mass is 371 g/mol. The van der Waals surface area contributed by atoms with Crippen LogP contribution in [0.1, 0.15) is 40.2 Å². The number of benzene rings is 1. The van der Waals surface area contributed by atoms with Crippen molar-refractivity contribution in [3.8, 4) is 5.75 Å². The third kappa shape index (κ3) is 7.72. The lowest BCUT2D eigenvalue weighted by Crippen LogP contribution is -2.40. The molecule has 0 saturated heterocycles. The highest BCUT2D eigenvalue weighted by atomic mass is 16.5. The van der Waals surface area contributed by atoms with E-state index in [4.69, 9.17) is 9.73 Å². The van der Waals surface area contributed by atoms with E-state index >= 15 is 0 Å². The van der Waals surface area contributed by atoms with Crippen molar-refractivity contribution in [1.29, 1.82) is 0 Å². The predicted molar refractivity (Wildman–Crippen MR) is 111 cm³/mol. The van der Waals surface area contributed by atoms with Crippen molar-refractivity contribution in [2.75, 3.05) is 13.1 Å². The Morgan fingerprint density at radius 2 is 2.00 bits per heavy atom. The van der Waals surface area contributed by atoms with Crippen LogP contribution < -0.4 is 15.4 Å². The second-order valence-corrected chi connectivity index (χ2v) is 7.73. The van der Waals surface area contributed by atoms with Gasteiger partial charge in [0.15, 0.2) is 5.96 Å². The fraction of sp³-hybridized carbons (Fsp3) is 0.524. The van der Waals surface area contributed by atoms with E-state index in [0.29, 0.717) is 12.5 Å². The molecule has 6 nitrogen and oxygen atoms in total. The quantitative estimate of drug-likeness (QED) is 0.551. The number of guanidine groups is 1. The van der Waals surface area contributed by atoms with Crippen molar-refractivity contribution >= 4 is 5.96 Å². The van der Waals surface area contributed by atoms with Gasteiger partial charge in [-0.2, -0.15) is 5.10 Å². The molecule has 1 aromatic carbocycles. The normalized spacial score (nSPS) is 13.3. The summed E-state index contributed by atoms with van der Waals surface area (Å²) in [5, 5.41) is 11.0. The van der Waals surface area contributed by atoms with Crippen molar-refractivity contribution in [1.82, 2.24) is 20.4 Å². The maximum absolute atomic E-state index is 6.06. The molecule has 2 rings (SSSR count). The van der Waals surface area contributed by atoms with Gasteiger partial charge in [-0.25, -0.2) is 4.99 Å². The van der Waals surface area contributed by atoms with E-state index in [-0.39, 0.29) is 5.60 Å². The van der Waals surface area contributed by atoms with Crippen LogP contribution in [0.3, 0.4) is 0 Å². The molecule has 1 unspecified atom stereocenters. The van der Waals surface area contributed by atoms with Crippen molar-refractivity contribution in [2.45, 2.75) is 53.3 Å². The zero-order chi connectivity index (χ0) is 19.7. The topological polar surface area (TPSA) is 63.5 Å². The van der Waals surface area contributed by atoms with Crippen LogP contribution in [0.2, 0.25) is 0 Å².